The fourth-order valence-corrected chi connectivity index (χ4v) is 2.81. The zero-order valence-electron chi connectivity index (χ0n) is 14.2. The second-order valence-electron chi connectivity index (χ2n) is 6.99. The number of ether oxygens (including phenoxy) is 1. The molecule has 1 N–H and O–H groups in total. The normalized spacial score (nSPS) is 25.0. The van der Waals surface area contributed by atoms with Crippen LogP contribution in [0.5, 0.6) is 0 Å². The number of nitrogens with zero attached hydrogens (tertiary/aromatic N) is 1. The van der Waals surface area contributed by atoms with Gasteiger partial charge in [0.05, 0.1) is 0 Å². The highest BCUT2D eigenvalue weighted by atomic mass is 16.5. The summed E-state index contributed by atoms with van der Waals surface area (Å²) in [4.78, 5) is 27.1. The lowest BCUT2D eigenvalue weighted by Crippen LogP contribution is -2.68. The summed E-state index contributed by atoms with van der Waals surface area (Å²) in [6.07, 6.45) is 2.32. The first-order valence-corrected chi connectivity index (χ1v) is 7.85. The molecule has 0 spiro atoms. The summed E-state index contributed by atoms with van der Waals surface area (Å²) < 4.78 is 5.12. The summed E-state index contributed by atoms with van der Waals surface area (Å²) in [6.45, 7) is 10.6. The van der Waals surface area contributed by atoms with Crippen LogP contribution in [0.1, 0.15) is 53.9 Å². The third kappa shape index (κ3) is 4.19. The van der Waals surface area contributed by atoms with Gasteiger partial charge < -0.3 is 15.0 Å². The van der Waals surface area contributed by atoms with E-state index in [1.165, 1.54) is 0 Å². The van der Waals surface area contributed by atoms with Gasteiger partial charge in [0.15, 0.2) is 0 Å². The summed E-state index contributed by atoms with van der Waals surface area (Å²) >= 11 is 0. The Morgan fingerprint density at radius 2 is 1.95 bits per heavy atom. The van der Waals surface area contributed by atoms with Gasteiger partial charge >= 0.3 is 0 Å². The molecule has 0 saturated carbocycles. The van der Waals surface area contributed by atoms with E-state index in [1.54, 1.807) is 12.0 Å². The number of methoxy groups -OCH3 is 1. The van der Waals surface area contributed by atoms with Crippen LogP contribution in [-0.4, -0.2) is 48.6 Å². The van der Waals surface area contributed by atoms with E-state index in [1.807, 2.05) is 34.6 Å². The number of amides is 2. The SMILES string of the molecule is CCCC1C(=O)NC(C(C)(C)C)C(=O)N1C(C)CCOC. The van der Waals surface area contributed by atoms with Gasteiger partial charge in [-0.05, 0) is 25.2 Å². The van der Waals surface area contributed by atoms with Crippen molar-refractivity contribution in [3.05, 3.63) is 0 Å². The standard InChI is InChI=1S/C16H30N2O3/c1-7-8-12-14(19)17-13(16(3,4)5)15(20)18(12)11(2)9-10-21-6/h11-13H,7-10H2,1-6H3,(H,17,19). The summed E-state index contributed by atoms with van der Waals surface area (Å²) in [5.74, 6) is 0.00444. The van der Waals surface area contributed by atoms with E-state index in [4.69, 9.17) is 4.74 Å². The minimum absolute atomic E-state index is 0.00454. The average Bonchev–Trinajstić information content (AvgIpc) is 2.39. The molecule has 1 rings (SSSR count). The smallest absolute Gasteiger partial charge is 0.246 e. The van der Waals surface area contributed by atoms with E-state index < -0.39 is 6.04 Å². The molecule has 5 heteroatoms. The zero-order chi connectivity index (χ0) is 16.2. The van der Waals surface area contributed by atoms with Crippen molar-refractivity contribution in [3.63, 3.8) is 0 Å². The number of hydrogen-bond donors (Lipinski definition) is 1. The van der Waals surface area contributed by atoms with E-state index in [2.05, 4.69) is 5.32 Å². The Morgan fingerprint density at radius 3 is 2.43 bits per heavy atom. The molecule has 1 aliphatic heterocycles. The molecule has 0 aromatic carbocycles. The molecular weight excluding hydrogens is 268 g/mol. The van der Waals surface area contributed by atoms with Crippen molar-refractivity contribution in [2.24, 2.45) is 5.41 Å². The fraction of sp³-hybridized carbons (Fsp3) is 0.875. The number of carbonyl (C=O) groups is 2. The lowest BCUT2D eigenvalue weighted by molar-refractivity contribution is -0.155. The highest BCUT2D eigenvalue weighted by molar-refractivity contribution is 5.97. The second kappa shape index (κ2) is 7.25. The first-order valence-electron chi connectivity index (χ1n) is 7.85. The van der Waals surface area contributed by atoms with E-state index >= 15 is 0 Å². The molecule has 0 aromatic rings. The monoisotopic (exact) mass is 298 g/mol. The predicted octanol–water partition coefficient (Wildman–Crippen LogP) is 1.95. The number of piperazine rings is 1. The molecule has 0 radical (unpaired) electrons. The van der Waals surface area contributed by atoms with Gasteiger partial charge in [-0.15, -0.1) is 0 Å². The third-order valence-electron chi connectivity index (χ3n) is 4.07. The summed E-state index contributed by atoms with van der Waals surface area (Å²) in [5, 5.41) is 2.92. The average molecular weight is 298 g/mol. The van der Waals surface area contributed by atoms with Crippen LogP contribution in [0.2, 0.25) is 0 Å². The van der Waals surface area contributed by atoms with E-state index in [0.717, 1.165) is 12.8 Å². The van der Waals surface area contributed by atoms with Gasteiger partial charge in [0.2, 0.25) is 11.8 Å². The van der Waals surface area contributed by atoms with Gasteiger partial charge in [0.1, 0.15) is 12.1 Å². The Morgan fingerprint density at radius 1 is 1.33 bits per heavy atom. The van der Waals surface area contributed by atoms with Gasteiger partial charge in [-0.2, -0.15) is 0 Å². The molecule has 0 aromatic heterocycles. The van der Waals surface area contributed by atoms with Crippen molar-refractivity contribution in [1.82, 2.24) is 10.2 Å². The Kier molecular flexibility index (Phi) is 6.20. The van der Waals surface area contributed by atoms with Crippen molar-refractivity contribution in [2.45, 2.75) is 72.0 Å². The van der Waals surface area contributed by atoms with Crippen molar-refractivity contribution in [3.8, 4) is 0 Å². The van der Waals surface area contributed by atoms with Crippen LogP contribution < -0.4 is 5.32 Å². The van der Waals surface area contributed by atoms with Crippen LogP contribution in [0.4, 0.5) is 0 Å². The van der Waals surface area contributed by atoms with Crippen LogP contribution in [-0.2, 0) is 14.3 Å². The minimum atomic E-state index is -0.455. The molecule has 1 fully saturated rings. The maximum atomic E-state index is 12.9. The Hall–Kier alpha value is -1.10. The highest BCUT2D eigenvalue weighted by Gasteiger charge is 2.46. The van der Waals surface area contributed by atoms with E-state index in [-0.39, 0.29) is 29.3 Å². The van der Waals surface area contributed by atoms with Crippen LogP contribution in [0.3, 0.4) is 0 Å². The molecular formula is C16H30N2O3. The first kappa shape index (κ1) is 18.0. The molecule has 5 nitrogen and oxygen atoms in total. The van der Waals surface area contributed by atoms with E-state index in [0.29, 0.717) is 13.0 Å². The summed E-state index contributed by atoms with van der Waals surface area (Å²) in [6, 6.07) is -0.805. The lowest BCUT2D eigenvalue weighted by atomic mass is 9.83. The van der Waals surface area contributed by atoms with Gasteiger partial charge in [-0.3, -0.25) is 9.59 Å². The molecule has 1 heterocycles. The van der Waals surface area contributed by atoms with Crippen molar-refractivity contribution in [2.75, 3.05) is 13.7 Å². The number of nitrogens with one attached hydrogen (secondary N) is 1. The van der Waals surface area contributed by atoms with Gasteiger partial charge in [-0.1, -0.05) is 34.1 Å². The van der Waals surface area contributed by atoms with Crippen LogP contribution in [0, 0.1) is 5.41 Å². The molecule has 21 heavy (non-hydrogen) atoms. The van der Waals surface area contributed by atoms with Crippen molar-refractivity contribution >= 4 is 11.8 Å². The Balaban J connectivity index is 3.03. The Labute approximate surface area is 128 Å². The Bertz CT molecular complexity index is 376. The van der Waals surface area contributed by atoms with Gasteiger partial charge in [0, 0.05) is 19.8 Å². The topological polar surface area (TPSA) is 58.6 Å². The summed E-state index contributed by atoms with van der Waals surface area (Å²) in [7, 11) is 1.65. The van der Waals surface area contributed by atoms with E-state index in [9.17, 15) is 9.59 Å². The van der Waals surface area contributed by atoms with Crippen molar-refractivity contribution < 1.29 is 14.3 Å². The number of carbonyl (C=O) groups excluding carboxylic acids is 2. The van der Waals surface area contributed by atoms with Crippen LogP contribution in [0.15, 0.2) is 0 Å². The fourth-order valence-electron chi connectivity index (χ4n) is 2.81. The lowest BCUT2D eigenvalue weighted by Gasteiger charge is -2.46. The zero-order valence-corrected chi connectivity index (χ0v) is 14.2. The highest BCUT2D eigenvalue weighted by Crippen LogP contribution is 2.28. The minimum Gasteiger partial charge on any atom is -0.385 e. The molecule has 3 unspecified atom stereocenters. The van der Waals surface area contributed by atoms with Gasteiger partial charge in [0.25, 0.3) is 0 Å². The maximum absolute atomic E-state index is 12.9. The summed E-state index contributed by atoms with van der Waals surface area (Å²) in [5.41, 5.74) is -0.289. The first-order chi connectivity index (χ1) is 9.73. The molecule has 122 valence electrons. The van der Waals surface area contributed by atoms with Gasteiger partial charge in [-0.25, -0.2) is 0 Å². The van der Waals surface area contributed by atoms with Crippen LogP contribution in [0.25, 0.3) is 0 Å². The third-order valence-corrected chi connectivity index (χ3v) is 4.07. The molecule has 1 saturated heterocycles. The van der Waals surface area contributed by atoms with Crippen LogP contribution >= 0.6 is 0 Å². The largest absolute Gasteiger partial charge is 0.385 e. The molecule has 2 amide bonds. The molecule has 3 atom stereocenters. The predicted molar refractivity (Wildman–Crippen MR) is 82.9 cm³/mol. The number of rotatable bonds is 6. The molecule has 0 bridgehead atoms. The van der Waals surface area contributed by atoms with Crippen molar-refractivity contribution in [1.29, 1.82) is 0 Å². The maximum Gasteiger partial charge on any atom is 0.246 e. The molecule has 1 aliphatic rings. The second-order valence-corrected chi connectivity index (χ2v) is 6.99. The quantitative estimate of drug-likeness (QED) is 0.815. The number of hydrogen-bond acceptors (Lipinski definition) is 3. The molecule has 0 aliphatic carbocycles.